The highest BCUT2D eigenvalue weighted by molar-refractivity contribution is 5.42. The molecule has 3 rings (SSSR count). The third-order valence-electron chi connectivity index (χ3n) is 3.59. The van der Waals surface area contributed by atoms with Crippen molar-refractivity contribution in [1.29, 1.82) is 0 Å². The van der Waals surface area contributed by atoms with E-state index in [1.807, 2.05) is 30.3 Å². The zero-order chi connectivity index (χ0) is 11.7. The first kappa shape index (κ1) is 10.5. The number of benzene rings is 2. The minimum absolute atomic E-state index is 0.482. The molecule has 0 aliphatic heterocycles. The molecule has 0 radical (unpaired) electrons. The molecular weight excluding hydrogens is 208 g/mol. The summed E-state index contributed by atoms with van der Waals surface area (Å²) < 4.78 is 0. The summed E-state index contributed by atoms with van der Waals surface area (Å²) in [6.45, 7) is 0. The largest absolute Gasteiger partial charge is 0.384 e. The van der Waals surface area contributed by atoms with Crippen LogP contribution in [-0.4, -0.2) is 5.11 Å². The van der Waals surface area contributed by atoms with Crippen LogP contribution in [0, 0.1) is 0 Å². The summed E-state index contributed by atoms with van der Waals surface area (Å²) in [5, 5.41) is 10.5. The molecule has 0 heterocycles. The second-order valence-electron chi connectivity index (χ2n) is 4.65. The standard InChI is InChI=1S/C16H16O/c17-16(13-6-2-1-3-7-13)15-11-5-9-12-8-4-10-14(12)15/h1-3,5-7,9,11,16-17H,4,8,10H2. The highest BCUT2D eigenvalue weighted by atomic mass is 16.3. The van der Waals surface area contributed by atoms with Crippen LogP contribution in [0.1, 0.15) is 34.8 Å². The van der Waals surface area contributed by atoms with Gasteiger partial charge < -0.3 is 5.11 Å². The molecule has 0 amide bonds. The summed E-state index contributed by atoms with van der Waals surface area (Å²) in [6.07, 6.45) is 3.00. The zero-order valence-corrected chi connectivity index (χ0v) is 9.76. The topological polar surface area (TPSA) is 20.2 Å². The molecule has 1 N–H and O–H groups in total. The molecule has 0 saturated carbocycles. The van der Waals surface area contributed by atoms with Gasteiger partial charge in [0.25, 0.3) is 0 Å². The van der Waals surface area contributed by atoms with Crippen molar-refractivity contribution in [2.45, 2.75) is 25.4 Å². The van der Waals surface area contributed by atoms with Crippen LogP contribution in [0.5, 0.6) is 0 Å². The summed E-state index contributed by atoms with van der Waals surface area (Å²) in [5.41, 5.74) is 4.85. The highest BCUT2D eigenvalue weighted by Gasteiger charge is 2.19. The van der Waals surface area contributed by atoms with E-state index in [4.69, 9.17) is 0 Å². The average Bonchev–Trinajstić information content (AvgIpc) is 2.87. The van der Waals surface area contributed by atoms with E-state index in [-0.39, 0.29) is 0 Å². The van der Waals surface area contributed by atoms with Crippen LogP contribution in [0.3, 0.4) is 0 Å². The second kappa shape index (κ2) is 4.34. The quantitative estimate of drug-likeness (QED) is 0.830. The van der Waals surface area contributed by atoms with Gasteiger partial charge in [-0.1, -0.05) is 48.5 Å². The Bertz CT molecular complexity index is 516. The van der Waals surface area contributed by atoms with E-state index in [1.165, 1.54) is 17.5 Å². The summed E-state index contributed by atoms with van der Waals surface area (Å²) in [6, 6.07) is 16.2. The summed E-state index contributed by atoms with van der Waals surface area (Å²) in [5.74, 6) is 0. The number of fused-ring (bicyclic) bond motifs is 1. The fourth-order valence-corrected chi connectivity index (χ4v) is 2.72. The lowest BCUT2D eigenvalue weighted by molar-refractivity contribution is 0.219. The van der Waals surface area contributed by atoms with Crippen molar-refractivity contribution >= 4 is 0 Å². The first-order chi connectivity index (χ1) is 8.36. The van der Waals surface area contributed by atoms with Crippen molar-refractivity contribution in [3.63, 3.8) is 0 Å². The Kier molecular flexibility index (Phi) is 2.69. The number of aliphatic hydroxyl groups is 1. The maximum atomic E-state index is 10.5. The summed E-state index contributed by atoms with van der Waals surface area (Å²) >= 11 is 0. The van der Waals surface area contributed by atoms with E-state index in [2.05, 4.69) is 18.2 Å². The third-order valence-corrected chi connectivity index (χ3v) is 3.59. The SMILES string of the molecule is OC(c1ccccc1)c1cccc2c1CCC2. The van der Waals surface area contributed by atoms with Crippen molar-refractivity contribution in [3.8, 4) is 0 Å². The van der Waals surface area contributed by atoms with E-state index < -0.39 is 6.10 Å². The van der Waals surface area contributed by atoms with Gasteiger partial charge in [-0.25, -0.2) is 0 Å². The molecule has 1 atom stereocenters. The van der Waals surface area contributed by atoms with Gasteiger partial charge in [0.05, 0.1) is 0 Å². The molecule has 17 heavy (non-hydrogen) atoms. The number of hydrogen-bond donors (Lipinski definition) is 1. The van der Waals surface area contributed by atoms with Crippen LogP contribution in [0.4, 0.5) is 0 Å². The van der Waals surface area contributed by atoms with Crippen molar-refractivity contribution < 1.29 is 5.11 Å². The van der Waals surface area contributed by atoms with E-state index >= 15 is 0 Å². The van der Waals surface area contributed by atoms with E-state index in [9.17, 15) is 5.11 Å². The molecular formula is C16H16O. The van der Waals surface area contributed by atoms with Crippen LogP contribution in [0.15, 0.2) is 48.5 Å². The van der Waals surface area contributed by atoms with E-state index in [1.54, 1.807) is 0 Å². The molecule has 1 aliphatic carbocycles. The van der Waals surface area contributed by atoms with Crippen molar-refractivity contribution in [1.82, 2.24) is 0 Å². The molecule has 1 unspecified atom stereocenters. The smallest absolute Gasteiger partial charge is 0.104 e. The third kappa shape index (κ3) is 1.87. The van der Waals surface area contributed by atoms with Gasteiger partial charge in [0.1, 0.15) is 6.10 Å². The Balaban J connectivity index is 2.03. The van der Waals surface area contributed by atoms with Gasteiger partial charge in [0, 0.05) is 0 Å². The maximum absolute atomic E-state index is 10.5. The lowest BCUT2D eigenvalue weighted by Gasteiger charge is -2.15. The maximum Gasteiger partial charge on any atom is 0.104 e. The Labute approximate surface area is 102 Å². The first-order valence-corrected chi connectivity index (χ1v) is 6.20. The minimum atomic E-state index is -0.482. The number of hydrogen-bond acceptors (Lipinski definition) is 1. The molecule has 86 valence electrons. The predicted molar refractivity (Wildman–Crippen MR) is 69.0 cm³/mol. The van der Waals surface area contributed by atoms with Crippen molar-refractivity contribution in [3.05, 3.63) is 70.8 Å². The van der Waals surface area contributed by atoms with Crippen molar-refractivity contribution in [2.75, 3.05) is 0 Å². The predicted octanol–water partition coefficient (Wildman–Crippen LogP) is 3.26. The van der Waals surface area contributed by atoms with E-state index in [0.29, 0.717) is 0 Å². The number of rotatable bonds is 2. The molecule has 0 fully saturated rings. The Morgan fingerprint density at radius 2 is 1.71 bits per heavy atom. The fourth-order valence-electron chi connectivity index (χ4n) is 2.72. The molecule has 1 aliphatic rings. The Morgan fingerprint density at radius 3 is 2.53 bits per heavy atom. The lowest BCUT2D eigenvalue weighted by Crippen LogP contribution is -2.03. The molecule has 2 aromatic carbocycles. The number of aryl methyl sites for hydroxylation is 1. The molecule has 0 saturated heterocycles. The number of aliphatic hydroxyl groups excluding tert-OH is 1. The molecule has 0 bridgehead atoms. The van der Waals surface area contributed by atoms with Crippen LogP contribution in [0.2, 0.25) is 0 Å². The van der Waals surface area contributed by atoms with Gasteiger partial charge >= 0.3 is 0 Å². The molecule has 0 aromatic heterocycles. The van der Waals surface area contributed by atoms with Crippen molar-refractivity contribution in [2.24, 2.45) is 0 Å². The van der Waals surface area contributed by atoms with Gasteiger partial charge in [-0.15, -0.1) is 0 Å². The molecule has 1 heteroatoms. The molecule has 2 aromatic rings. The summed E-state index contributed by atoms with van der Waals surface area (Å²) in [4.78, 5) is 0. The molecule has 0 spiro atoms. The fraction of sp³-hybridized carbons (Fsp3) is 0.250. The summed E-state index contributed by atoms with van der Waals surface area (Å²) in [7, 11) is 0. The average molecular weight is 224 g/mol. The minimum Gasteiger partial charge on any atom is -0.384 e. The van der Waals surface area contributed by atoms with Gasteiger partial charge in [0.2, 0.25) is 0 Å². The van der Waals surface area contributed by atoms with Gasteiger partial charge in [0.15, 0.2) is 0 Å². The van der Waals surface area contributed by atoms with E-state index in [0.717, 1.165) is 24.0 Å². The monoisotopic (exact) mass is 224 g/mol. The van der Waals surface area contributed by atoms with Crippen LogP contribution < -0.4 is 0 Å². The normalized spacial score (nSPS) is 15.6. The van der Waals surface area contributed by atoms with Crippen LogP contribution in [0.25, 0.3) is 0 Å². The Morgan fingerprint density at radius 1 is 0.882 bits per heavy atom. The van der Waals surface area contributed by atoms with Gasteiger partial charge in [-0.3, -0.25) is 0 Å². The first-order valence-electron chi connectivity index (χ1n) is 6.20. The highest BCUT2D eigenvalue weighted by Crippen LogP contribution is 2.31. The van der Waals surface area contributed by atoms with Crippen LogP contribution >= 0.6 is 0 Å². The molecule has 1 nitrogen and oxygen atoms in total. The van der Waals surface area contributed by atoms with Gasteiger partial charge in [-0.2, -0.15) is 0 Å². The Hall–Kier alpha value is -1.60. The lowest BCUT2D eigenvalue weighted by atomic mass is 9.95. The van der Waals surface area contributed by atoms with Crippen LogP contribution in [-0.2, 0) is 12.8 Å². The second-order valence-corrected chi connectivity index (χ2v) is 4.65. The zero-order valence-electron chi connectivity index (χ0n) is 9.76. The van der Waals surface area contributed by atoms with Gasteiger partial charge in [-0.05, 0) is 41.5 Å².